The average molecular weight is 277 g/mol. The number of benzene rings is 1. The van der Waals surface area contributed by atoms with Gasteiger partial charge in [0.05, 0.1) is 0 Å². The Morgan fingerprint density at radius 3 is 2.25 bits per heavy atom. The van der Waals surface area contributed by atoms with Gasteiger partial charge in [0.25, 0.3) is 0 Å². The highest BCUT2D eigenvalue weighted by molar-refractivity contribution is 5.56. The number of hydrogen-bond donors (Lipinski definition) is 2. The quantitative estimate of drug-likeness (QED) is 0.637. The fraction of sp³-hybridized carbons (Fsp3) is 0.647. The Morgan fingerprint density at radius 1 is 1.05 bits per heavy atom. The van der Waals surface area contributed by atoms with Crippen LogP contribution in [0.4, 0.5) is 11.4 Å². The van der Waals surface area contributed by atoms with Crippen molar-refractivity contribution in [1.29, 1.82) is 0 Å². The van der Waals surface area contributed by atoms with E-state index in [1.807, 2.05) is 6.07 Å². The van der Waals surface area contributed by atoms with Crippen LogP contribution in [0.2, 0.25) is 0 Å². The number of aryl methyl sites for hydroxylation is 1. The van der Waals surface area contributed by atoms with Crippen molar-refractivity contribution in [3.63, 3.8) is 0 Å². The number of nitrogens with one attached hydrogen (secondary N) is 1. The van der Waals surface area contributed by atoms with Crippen LogP contribution >= 0.6 is 0 Å². The number of hydrogen-bond acceptors (Lipinski definition) is 3. The van der Waals surface area contributed by atoms with Crippen LogP contribution in [0.1, 0.15) is 45.1 Å². The van der Waals surface area contributed by atoms with Gasteiger partial charge in [-0.15, -0.1) is 0 Å². The Hall–Kier alpha value is -1.22. The lowest BCUT2D eigenvalue weighted by Gasteiger charge is -2.22. The molecule has 114 valence electrons. The van der Waals surface area contributed by atoms with Gasteiger partial charge in [0.15, 0.2) is 0 Å². The first-order valence-electron chi connectivity index (χ1n) is 7.99. The SMILES string of the molecule is CCCCN(CCCC)CCNc1ccc(N)c(C)c1. The molecule has 0 aliphatic heterocycles. The topological polar surface area (TPSA) is 41.3 Å². The zero-order chi connectivity index (χ0) is 14.8. The molecule has 0 fully saturated rings. The molecule has 0 aliphatic carbocycles. The van der Waals surface area contributed by atoms with Crippen molar-refractivity contribution in [2.75, 3.05) is 37.2 Å². The summed E-state index contributed by atoms with van der Waals surface area (Å²) in [5.74, 6) is 0. The molecule has 3 N–H and O–H groups in total. The smallest absolute Gasteiger partial charge is 0.0345 e. The van der Waals surface area contributed by atoms with Gasteiger partial charge in [0.1, 0.15) is 0 Å². The first-order chi connectivity index (χ1) is 9.67. The van der Waals surface area contributed by atoms with E-state index >= 15 is 0 Å². The third-order valence-corrected chi connectivity index (χ3v) is 3.68. The van der Waals surface area contributed by atoms with E-state index in [1.54, 1.807) is 0 Å². The maximum Gasteiger partial charge on any atom is 0.0345 e. The predicted molar refractivity (Wildman–Crippen MR) is 90.3 cm³/mol. The van der Waals surface area contributed by atoms with E-state index in [0.717, 1.165) is 24.3 Å². The van der Waals surface area contributed by atoms with Crippen molar-refractivity contribution in [2.45, 2.75) is 46.5 Å². The summed E-state index contributed by atoms with van der Waals surface area (Å²) in [7, 11) is 0. The van der Waals surface area contributed by atoms with Crippen molar-refractivity contribution in [1.82, 2.24) is 4.90 Å². The monoisotopic (exact) mass is 277 g/mol. The molecule has 20 heavy (non-hydrogen) atoms. The van der Waals surface area contributed by atoms with E-state index in [2.05, 4.69) is 43.1 Å². The van der Waals surface area contributed by atoms with E-state index in [1.165, 1.54) is 44.5 Å². The summed E-state index contributed by atoms with van der Waals surface area (Å²) in [5.41, 5.74) is 9.01. The highest BCUT2D eigenvalue weighted by Crippen LogP contribution is 2.16. The first kappa shape index (κ1) is 16.8. The maximum absolute atomic E-state index is 5.84. The molecule has 0 bridgehead atoms. The third kappa shape index (κ3) is 6.29. The predicted octanol–water partition coefficient (Wildman–Crippen LogP) is 3.89. The Morgan fingerprint density at radius 2 is 1.70 bits per heavy atom. The van der Waals surface area contributed by atoms with Gasteiger partial charge in [0, 0.05) is 24.5 Å². The number of anilines is 2. The fourth-order valence-electron chi connectivity index (χ4n) is 2.24. The molecule has 0 radical (unpaired) electrons. The lowest BCUT2D eigenvalue weighted by atomic mass is 10.2. The molecule has 0 aromatic heterocycles. The lowest BCUT2D eigenvalue weighted by molar-refractivity contribution is 0.275. The normalized spacial score (nSPS) is 11.0. The highest BCUT2D eigenvalue weighted by Gasteiger charge is 2.03. The number of nitrogens with two attached hydrogens (primary N) is 1. The standard InChI is InChI=1S/C17H31N3/c1-4-6-11-20(12-7-5-2)13-10-19-16-8-9-17(18)15(3)14-16/h8-9,14,19H,4-7,10-13,18H2,1-3H3. The van der Waals surface area contributed by atoms with Gasteiger partial charge in [0.2, 0.25) is 0 Å². The summed E-state index contributed by atoms with van der Waals surface area (Å²) >= 11 is 0. The molecular weight excluding hydrogens is 246 g/mol. The van der Waals surface area contributed by atoms with Crippen molar-refractivity contribution in [3.8, 4) is 0 Å². The minimum atomic E-state index is 0.864. The molecular formula is C17H31N3. The number of nitrogen functional groups attached to an aromatic ring is 1. The minimum Gasteiger partial charge on any atom is -0.399 e. The van der Waals surface area contributed by atoms with Gasteiger partial charge in [-0.25, -0.2) is 0 Å². The van der Waals surface area contributed by atoms with Crippen LogP contribution in [0.3, 0.4) is 0 Å². The van der Waals surface area contributed by atoms with Crippen LogP contribution in [0.5, 0.6) is 0 Å². The maximum atomic E-state index is 5.84. The van der Waals surface area contributed by atoms with Gasteiger partial charge in [-0.3, -0.25) is 0 Å². The molecule has 0 amide bonds. The number of nitrogens with zero attached hydrogens (tertiary/aromatic N) is 1. The van der Waals surface area contributed by atoms with Gasteiger partial charge >= 0.3 is 0 Å². The van der Waals surface area contributed by atoms with Crippen molar-refractivity contribution in [3.05, 3.63) is 23.8 Å². The van der Waals surface area contributed by atoms with E-state index in [9.17, 15) is 0 Å². The Bertz CT molecular complexity index is 368. The molecule has 3 nitrogen and oxygen atoms in total. The van der Waals surface area contributed by atoms with Crippen molar-refractivity contribution < 1.29 is 0 Å². The Labute approximate surface area is 124 Å². The molecule has 0 atom stereocenters. The second kappa shape index (κ2) is 9.65. The minimum absolute atomic E-state index is 0.864. The molecule has 0 saturated heterocycles. The number of unbranched alkanes of at least 4 members (excludes halogenated alkanes) is 2. The number of rotatable bonds is 10. The lowest BCUT2D eigenvalue weighted by Crippen LogP contribution is -2.31. The zero-order valence-corrected chi connectivity index (χ0v) is 13.4. The second-order valence-corrected chi connectivity index (χ2v) is 5.55. The molecule has 1 rings (SSSR count). The molecule has 1 aromatic rings. The van der Waals surface area contributed by atoms with Gasteiger partial charge in [-0.1, -0.05) is 26.7 Å². The van der Waals surface area contributed by atoms with Crippen LogP contribution in [0, 0.1) is 6.92 Å². The largest absolute Gasteiger partial charge is 0.399 e. The summed E-state index contributed by atoms with van der Waals surface area (Å²) in [6.45, 7) is 11.1. The van der Waals surface area contributed by atoms with E-state index in [0.29, 0.717) is 0 Å². The molecule has 0 saturated carbocycles. The van der Waals surface area contributed by atoms with Crippen molar-refractivity contribution in [2.24, 2.45) is 0 Å². The van der Waals surface area contributed by atoms with Crippen LogP contribution in [0.15, 0.2) is 18.2 Å². The van der Waals surface area contributed by atoms with Crippen molar-refractivity contribution >= 4 is 11.4 Å². The summed E-state index contributed by atoms with van der Waals surface area (Å²) in [5, 5.41) is 3.50. The summed E-state index contributed by atoms with van der Waals surface area (Å²) in [6.07, 6.45) is 5.13. The van der Waals surface area contributed by atoms with Gasteiger partial charge < -0.3 is 16.0 Å². The summed E-state index contributed by atoms with van der Waals surface area (Å²) < 4.78 is 0. The zero-order valence-electron chi connectivity index (χ0n) is 13.4. The molecule has 0 unspecified atom stereocenters. The van der Waals surface area contributed by atoms with Gasteiger partial charge in [-0.2, -0.15) is 0 Å². The second-order valence-electron chi connectivity index (χ2n) is 5.55. The average Bonchev–Trinajstić information content (AvgIpc) is 2.45. The van der Waals surface area contributed by atoms with Crippen LogP contribution in [-0.4, -0.2) is 31.1 Å². The van der Waals surface area contributed by atoms with E-state index in [4.69, 9.17) is 5.73 Å². The fourth-order valence-corrected chi connectivity index (χ4v) is 2.24. The van der Waals surface area contributed by atoms with E-state index in [-0.39, 0.29) is 0 Å². The summed E-state index contributed by atoms with van der Waals surface area (Å²) in [4.78, 5) is 2.57. The third-order valence-electron chi connectivity index (χ3n) is 3.68. The van der Waals surface area contributed by atoms with E-state index < -0.39 is 0 Å². The van der Waals surface area contributed by atoms with Crippen LogP contribution < -0.4 is 11.1 Å². The first-order valence-corrected chi connectivity index (χ1v) is 7.99. The molecule has 0 aliphatic rings. The Kier molecular flexibility index (Phi) is 8.12. The highest BCUT2D eigenvalue weighted by atomic mass is 15.1. The molecule has 1 aromatic carbocycles. The molecule has 0 spiro atoms. The van der Waals surface area contributed by atoms with Crippen LogP contribution in [0.25, 0.3) is 0 Å². The summed E-state index contributed by atoms with van der Waals surface area (Å²) in [6, 6.07) is 6.16. The Balaban J connectivity index is 2.36. The molecule has 0 heterocycles. The van der Waals surface area contributed by atoms with Gasteiger partial charge in [-0.05, 0) is 56.6 Å². The van der Waals surface area contributed by atoms with Crippen LogP contribution in [-0.2, 0) is 0 Å². The molecule has 3 heteroatoms.